The minimum absolute atomic E-state index is 0.338. The molecule has 0 spiro atoms. The third-order valence-electron chi connectivity index (χ3n) is 1.89. The normalized spacial score (nSPS) is 12.5. The molecule has 0 aliphatic rings. The van der Waals surface area contributed by atoms with Crippen LogP contribution in [0.3, 0.4) is 0 Å². The number of carbonyl (C=O) groups is 1. The van der Waals surface area contributed by atoms with Crippen LogP contribution < -0.4 is 0 Å². The molecular formula is C10H20O3. The molecule has 1 N–H and O–H groups in total. The van der Waals surface area contributed by atoms with Crippen LogP contribution in [0.1, 0.15) is 46.0 Å². The molecule has 0 saturated heterocycles. The maximum atomic E-state index is 10.9. The van der Waals surface area contributed by atoms with Crippen molar-refractivity contribution < 1.29 is 14.6 Å². The molecule has 0 aromatic heterocycles. The molecule has 0 heterocycles. The number of hydrogen-bond acceptors (Lipinski definition) is 3. The van der Waals surface area contributed by atoms with Crippen LogP contribution in [0.2, 0.25) is 0 Å². The van der Waals surface area contributed by atoms with Crippen molar-refractivity contribution in [2.45, 2.75) is 52.1 Å². The first kappa shape index (κ1) is 12.4. The number of hydrogen-bond donors (Lipinski definition) is 1. The molecule has 0 unspecified atom stereocenters. The van der Waals surface area contributed by atoms with Crippen LogP contribution in [0.25, 0.3) is 0 Å². The highest BCUT2D eigenvalue weighted by atomic mass is 16.5. The average Bonchev–Trinajstić information content (AvgIpc) is 2.12. The van der Waals surface area contributed by atoms with Crippen molar-refractivity contribution in [3.05, 3.63) is 0 Å². The van der Waals surface area contributed by atoms with Crippen molar-refractivity contribution in [1.29, 1.82) is 0 Å². The number of ether oxygens (including phenoxy) is 1. The molecule has 0 aromatic carbocycles. The molecule has 0 aromatic rings. The maximum Gasteiger partial charge on any atom is 0.334 e. The molecule has 0 rings (SSSR count). The lowest BCUT2D eigenvalue weighted by Crippen LogP contribution is -2.22. The Morgan fingerprint density at radius 1 is 1.31 bits per heavy atom. The lowest BCUT2D eigenvalue weighted by Gasteiger charge is -2.08. The fourth-order valence-corrected chi connectivity index (χ4v) is 1.12. The second-order valence-electron chi connectivity index (χ2n) is 3.12. The topological polar surface area (TPSA) is 46.5 Å². The van der Waals surface area contributed by atoms with Crippen LogP contribution in [0.5, 0.6) is 0 Å². The summed E-state index contributed by atoms with van der Waals surface area (Å²) in [6.07, 6.45) is 3.90. The van der Waals surface area contributed by atoms with Gasteiger partial charge in [-0.3, -0.25) is 0 Å². The summed E-state index contributed by atoms with van der Waals surface area (Å²) in [4.78, 5) is 10.9. The molecular weight excluding hydrogens is 168 g/mol. The van der Waals surface area contributed by atoms with Crippen LogP contribution >= 0.6 is 0 Å². The van der Waals surface area contributed by atoms with Gasteiger partial charge in [0.25, 0.3) is 0 Å². The van der Waals surface area contributed by atoms with E-state index in [1.54, 1.807) is 6.92 Å². The third-order valence-corrected chi connectivity index (χ3v) is 1.89. The van der Waals surface area contributed by atoms with Crippen molar-refractivity contribution in [2.24, 2.45) is 0 Å². The predicted molar refractivity (Wildman–Crippen MR) is 51.4 cm³/mol. The Labute approximate surface area is 80.1 Å². The molecule has 0 amide bonds. The summed E-state index contributed by atoms with van der Waals surface area (Å²) < 4.78 is 4.67. The highest BCUT2D eigenvalue weighted by Crippen LogP contribution is 2.06. The summed E-state index contributed by atoms with van der Waals surface area (Å²) in [5, 5.41) is 9.27. The molecule has 0 bridgehead atoms. The lowest BCUT2D eigenvalue weighted by molar-refractivity contribution is -0.153. The fraction of sp³-hybridized carbons (Fsp3) is 0.900. The summed E-state index contributed by atoms with van der Waals surface area (Å²) in [5.41, 5.74) is 0. The summed E-state index contributed by atoms with van der Waals surface area (Å²) >= 11 is 0. The first-order valence-electron chi connectivity index (χ1n) is 5.07. The van der Waals surface area contributed by atoms with E-state index in [2.05, 4.69) is 11.7 Å². The van der Waals surface area contributed by atoms with Crippen molar-refractivity contribution >= 4 is 5.97 Å². The van der Waals surface area contributed by atoms with E-state index in [0.717, 1.165) is 25.7 Å². The van der Waals surface area contributed by atoms with Gasteiger partial charge in [-0.25, -0.2) is 4.79 Å². The predicted octanol–water partition coefficient (Wildman–Crippen LogP) is 1.88. The van der Waals surface area contributed by atoms with E-state index in [0.29, 0.717) is 13.0 Å². The molecule has 0 aliphatic carbocycles. The van der Waals surface area contributed by atoms with Gasteiger partial charge in [0.15, 0.2) is 6.10 Å². The smallest absolute Gasteiger partial charge is 0.334 e. The summed E-state index contributed by atoms with van der Waals surface area (Å²) in [7, 11) is 0. The van der Waals surface area contributed by atoms with Crippen LogP contribution in [0.15, 0.2) is 0 Å². The van der Waals surface area contributed by atoms with Gasteiger partial charge >= 0.3 is 5.97 Å². The minimum Gasteiger partial charge on any atom is -0.464 e. The van der Waals surface area contributed by atoms with E-state index < -0.39 is 12.1 Å². The molecule has 0 aliphatic heterocycles. The van der Waals surface area contributed by atoms with Gasteiger partial charge in [0.05, 0.1) is 6.61 Å². The molecule has 13 heavy (non-hydrogen) atoms. The van der Waals surface area contributed by atoms with Crippen molar-refractivity contribution in [2.75, 3.05) is 6.61 Å². The van der Waals surface area contributed by atoms with Crippen LogP contribution in [-0.4, -0.2) is 23.8 Å². The zero-order chi connectivity index (χ0) is 10.1. The van der Waals surface area contributed by atoms with E-state index in [9.17, 15) is 9.90 Å². The van der Waals surface area contributed by atoms with Crippen molar-refractivity contribution in [1.82, 2.24) is 0 Å². The van der Waals surface area contributed by atoms with Gasteiger partial charge < -0.3 is 9.84 Å². The van der Waals surface area contributed by atoms with E-state index in [1.165, 1.54) is 0 Å². The molecule has 1 atom stereocenters. The molecule has 0 fully saturated rings. The van der Waals surface area contributed by atoms with E-state index in [4.69, 9.17) is 0 Å². The summed E-state index contributed by atoms with van der Waals surface area (Å²) in [6.45, 7) is 4.20. The second-order valence-corrected chi connectivity index (χ2v) is 3.12. The molecule has 0 saturated carbocycles. The number of unbranched alkanes of at least 4 members (excludes halogenated alkanes) is 3. The van der Waals surface area contributed by atoms with Gasteiger partial charge in [-0.2, -0.15) is 0 Å². The maximum absolute atomic E-state index is 10.9. The first-order chi connectivity index (χ1) is 6.22. The second kappa shape index (κ2) is 8.05. The van der Waals surface area contributed by atoms with Crippen molar-refractivity contribution in [3.63, 3.8) is 0 Å². The van der Waals surface area contributed by atoms with Crippen LogP contribution in [-0.2, 0) is 9.53 Å². The van der Waals surface area contributed by atoms with E-state index in [-0.39, 0.29) is 0 Å². The third kappa shape index (κ3) is 6.58. The zero-order valence-corrected chi connectivity index (χ0v) is 8.58. The molecule has 3 heteroatoms. The van der Waals surface area contributed by atoms with Gasteiger partial charge in [-0.05, 0) is 13.3 Å². The Morgan fingerprint density at radius 3 is 2.54 bits per heavy atom. The number of carbonyl (C=O) groups excluding carboxylic acids is 1. The number of aliphatic hydroxyl groups excluding tert-OH is 1. The Kier molecular flexibility index (Phi) is 7.69. The molecule has 0 radical (unpaired) electrons. The quantitative estimate of drug-likeness (QED) is 0.490. The standard InChI is InChI=1S/C10H20O3/c1-3-5-6-7-8-9(11)10(12)13-4-2/h9,11H,3-8H2,1-2H3/t9-/m1/s1. The van der Waals surface area contributed by atoms with Gasteiger partial charge in [-0.1, -0.05) is 32.6 Å². The SMILES string of the molecule is CCCCCC[C@@H](O)C(=O)OCC. The molecule has 3 nitrogen and oxygen atoms in total. The number of rotatable bonds is 7. The van der Waals surface area contributed by atoms with E-state index >= 15 is 0 Å². The van der Waals surface area contributed by atoms with Gasteiger partial charge in [0, 0.05) is 0 Å². The monoisotopic (exact) mass is 188 g/mol. The Balaban J connectivity index is 3.38. The van der Waals surface area contributed by atoms with Gasteiger partial charge in [0.2, 0.25) is 0 Å². The summed E-state index contributed by atoms with van der Waals surface area (Å²) in [5.74, 6) is -0.487. The van der Waals surface area contributed by atoms with Gasteiger partial charge in [-0.15, -0.1) is 0 Å². The number of esters is 1. The molecule has 78 valence electrons. The lowest BCUT2D eigenvalue weighted by atomic mass is 10.1. The first-order valence-corrected chi connectivity index (χ1v) is 5.07. The Bertz CT molecular complexity index is 134. The van der Waals surface area contributed by atoms with E-state index in [1.807, 2.05) is 0 Å². The average molecular weight is 188 g/mol. The summed E-state index contributed by atoms with van der Waals surface area (Å²) in [6, 6.07) is 0. The minimum atomic E-state index is -0.920. The Hall–Kier alpha value is -0.570. The largest absolute Gasteiger partial charge is 0.464 e. The Morgan fingerprint density at radius 2 is 2.00 bits per heavy atom. The van der Waals surface area contributed by atoms with Gasteiger partial charge in [0.1, 0.15) is 0 Å². The number of aliphatic hydroxyl groups is 1. The van der Waals surface area contributed by atoms with Crippen molar-refractivity contribution in [3.8, 4) is 0 Å². The van der Waals surface area contributed by atoms with Crippen LogP contribution in [0, 0.1) is 0 Å². The van der Waals surface area contributed by atoms with Crippen LogP contribution in [0.4, 0.5) is 0 Å². The highest BCUT2D eigenvalue weighted by Gasteiger charge is 2.14. The zero-order valence-electron chi connectivity index (χ0n) is 8.58. The highest BCUT2D eigenvalue weighted by molar-refractivity contribution is 5.74. The fourth-order valence-electron chi connectivity index (χ4n) is 1.12.